The van der Waals surface area contributed by atoms with E-state index in [1.54, 1.807) is 0 Å². The number of nitrogens with zero attached hydrogens (tertiary/aromatic N) is 1. The second-order valence-electron chi connectivity index (χ2n) is 4.79. The molecular weight excluding hydrogens is 283 g/mol. The maximum atomic E-state index is 11.8. The number of nitrogens with one attached hydrogen (secondary N) is 1. The quantitative estimate of drug-likeness (QED) is 0.482. The number of halogens is 3. The molecule has 0 saturated heterocycles. The summed E-state index contributed by atoms with van der Waals surface area (Å²) in [4.78, 5) is 4.03. The van der Waals surface area contributed by atoms with Crippen molar-refractivity contribution in [3.8, 4) is 0 Å². The Labute approximate surface area is 122 Å². The molecule has 0 aliphatic rings. The van der Waals surface area contributed by atoms with Crippen molar-refractivity contribution in [1.29, 1.82) is 0 Å². The van der Waals surface area contributed by atoms with Crippen molar-refractivity contribution in [3.63, 3.8) is 0 Å². The standard InChI is InChI=1S/C14H20F3N3O/c1-10-6-11(2)8-12(7-10)20-13(18)19-4-3-5-21-9-14(15,16)17/h6-8H,3-5,9H2,1-2H3,(H3,18,19,20). The van der Waals surface area contributed by atoms with Gasteiger partial charge in [0.05, 0.1) is 0 Å². The highest BCUT2D eigenvalue weighted by molar-refractivity contribution is 5.92. The van der Waals surface area contributed by atoms with Crippen molar-refractivity contribution in [3.05, 3.63) is 29.3 Å². The number of benzene rings is 1. The fourth-order valence-corrected chi connectivity index (χ4v) is 1.79. The Kier molecular flexibility index (Phi) is 6.48. The highest BCUT2D eigenvalue weighted by Gasteiger charge is 2.27. The van der Waals surface area contributed by atoms with E-state index in [0.29, 0.717) is 13.0 Å². The summed E-state index contributed by atoms with van der Waals surface area (Å²) < 4.78 is 39.9. The van der Waals surface area contributed by atoms with Crippen molar-refractivity contribution < 1.29 is 17.9 Å². The van der Waals surface area contributed by atoms with Gasteiger partial charge >= 0.3 is 6.18 Å². The second kappa shape index (κ2) is 7.87. The van der Waals surface area contributed by atoms with Crippen LogP contribution in [0.15, 0.2) is 23.2 Å². The van der Waals surface area contributed by atoms with Gasteiger partial charge in [0.1, 0.15) is 6.61 Å². The molecule has 1 rings (SSSR count). The molecule has 118 valence electrons. The number of aryl methyl sites for hydroxylation is 2. The molecule has 0 heterocycles. The van der Waals surface area contributed by atoms with E-state index in [9.17, 15) is 13.2 Å². The van der Waals surface area contributed by atoms with Crippen LogP contribution >= 0.6 is 0 Å². The number of aliphatic imine (C=N–C) groups is 1. The summed E-state index contributed by atoms with van der Waals surface area (Å²) in [5, 5.41) is 2.95. The van der Waals surface area contributed by atoms with Crippen LogP contribution in [0.25, 0.3) is 0 Å². The molecule has 0 bridgehead atoms. The first-order valence-electron chi connectivity index (χ1n) is 6.56. The molecular formula is C14H20F3N3O. The van der Waals surface area contributed by atoms with Crippen LogP contribution in [0, 0.1) is 13.8 Å². The number of ether oxygens (including phenoxy) is 1. The number of hydrogen-bond acceptors (Lipinski definition) is 2. The second-order valence-corrected chi connectivity index (χ2v) is 4.79. The number of anilines is 1. The normalized spacial score (nSPS) is 12.5. The molecule has 0 unspecified atom stereocenters. The maximum absolute atomic E-state index is 11.8. The topological polar surface area (TPSA) is 59.6 Å². The molecule has 0 aromatic heterocycles. The SMILES string of the molecule is Cc1cc(C)cc(NC(N)=NCCCOCC(F)(F)F)c1. The number of alkyl halides is 3. The molecule has 0 saturated carbocycles. The fourth-order valence-electron chi connectivity index (χ4n) is 1.79. The van der Waals surface area contributed by atoms with Crippen LogP contribution < -0.4 is 11.1 Å². The fraction of sp³-hybridized carbons (Fsp3) is 0.500. The summed E-state index contributed by atoms with van der Waals surface area (Å²) in [6.45, 7) is 3.03. The summed E-state index contributed by atoms with van der Waals surface area (Å²) >= 11 is 0. The van der Waals surface area contributed by atoms with Gasteiger partial charge in [0.25, 0.3) is 0 Å². The van der Waals surface area contributed by atoms with Gasteiger partial charge in [-0.3, -0.25) is 4.99 Å². The Morgan fingerprint density at radius 3 is 2.43 bits per heavy atom. The van der Waals surface area contributed by atoms with Crippen molar-refractivity contribution in [2.24, 2.45) is 10.7 Å². The zero-order valence-corrected chi connectivity index (χ0v) is 12.1. The van der Waals surface area contributed by atoms with Gasteiger partial charge in [0.15, 0.2) is 5.96 Å². The third-order valence-electron chi connectivity index (χ3n) is 2.49. The Morgan fingerprint density at radius 1 is 1.24 bits per heavy atom. The van der Waals surface area contributed by atoms with E-state index < -0.39 is 12.8 Å². The number of guanidine groups is 1. The van der Waals surface area contributed by atoms with Crippen LogP contribution in [-0.4, -0.2) is 31.9 Å². The van der Waals surface area contributed by atoms with E-state index in [-0.39, 0.29) is 12.6 Å². The summed E-state index contributed by atoms with van der Waals surface area (Å²) in [5.41, 5.74) is 8.75. The van der Waals surface area contributed by atoms with Gasteiger partial charge in [-0.05, 0) is 43.5 Å². The lowest BCUT2D eigenvalue weighted by molar-refractivity contribution is -0.173. The molecule has 0 radical (unpaired) electrons. The molecule has 0 amide bonds. The van der Waals surface area contributed by atoms with Gasteiger partial charge in [0, 0.05) is 18.8 Å². The summed E-state index contributed by atoms with van der Waals surface area (Å²) in [6.07, 6.45) is -3.90. The average molecular weight is 303 g/mol. The molecule has 0 aliphatic carbocycles. The third kappa shape index (κ3) is 8.19. The lowest BCUT2D eigenvalue weighted by atomic mass is 10.1. The van der Waals surface area contributed by atoms with Crippen molar-refractivity contribution in [2.75, 3.05) is 25.1 Å². The van der Waals surface area contributed by atoms with Gasteiger partial charge in [-0.1, -0.05) is 6.07 Å². The maximum Gasteiger partial charge on any atom is 0.411 e. The van der Waals surface area contributed by atoms with E-state index in [1.807, 2.05) is 32.0 Å². The molecule has 1 aromatic carbocycles. The Bertz CT molecular complexity index is 467. The predicted molar refractivity (Wildman–Crippen MR) is 77.5 cm³/mol. The summed E-state index contributed by atoms with van der Waals surface area (Å²) in [5.74, 6) is 0.232. The molecule has 21 heavy (non-hydrogen) atoms. The van der Waals surface area contributed by atoms with Crippen LogP contribution in [-0.2, 0) is 4.74 Å². The predicted octanol–water partition coefficient (Wildman–Crippen LogP) is 3.00. The lowest BCUT2D eigenvalue weighted by Crippen LogP contribution is -2.23. The zero-order chi connectivity index (χ0) is 15.9. The average Bonchev–Trinajstić information content (AvgIpc) is 2.30. The Hall–Kier alpha value is -1.76. The van der Waals surface area contributed by atoms with E-state index in [2.05, 4.69) is 15.0 Å². The number of rotatable bonds is 6. The van der Waals surface area contributed by atoms with Crippen LogP contribution in [0.3, 0.4) is 0 Å². The smallest absolute Gasteiger partial charge is 0.372 e. The summed E-state index contributed by atoms with van der Waals surface area (Å²) in [7, 11) is 0. The van der Waals surface area contributed by atoms with Crippen LogP contribution in [0.5, 0.6) is 0 Å². The van der Waals surface area contributed by atoms with Gasteiger partial charge in [-0.25, -0.2) is 0 Å². The van der Waals surface area contributed by atoms with Gasteiger partial charge in [0.2, 0.25) is 0 Å². The third-order valence-corrected chi connectivity index (χ3v) is 2.49. The molecule has 0 atom stereocenters. The first kappa shape index (κ1) is 17.3. The highest BCUT2D eigenvalue weighted by atomic mass is 19.4. The Balaban J connectivity index is 2.30. The van der Waals surface area contributed by atoms with Gasteiger partial charge in [-0.2, -0.15) is 13.2 Å². The van der Waals surface area contributed by atoms with Gasteiger partial charge in [-0.15, -0.1) is 0 Å². The first-order valence-corrected chi connectivity index (χ1v) is 6.56. The van der Waals surface area contributed by atoms with E-state index in [1.165, 1.54) is 0 Å². The number of hydrogen-bond donors (Lipinski definition) is 2. The lowest BCUT2D eigenvalue weighted by Gasteiger charge is -2.08. The number of nitrogens with two attached hydrogens (primary N) is 1. The minimum absolute atomic E-state index is 0.000155. The Morgan fingerprint density at radius 2 is 1.86 bits per heavy atom. The van der Waals surface area contributed by atoms with E-state index in [0.717, 1.165) is 16.8 Å². The van der Waals surface area contributed by atoms with E-state index in [4.69, 9.17) is 5.73 Å². The monoisotopic (exact) mass is 303 g/mol. The molecule has 1 aromatic rings. The van der Waals surface area contributed by atoms with Crippen LogP contribution in [0.2, 0.25) is 0 Å². The minimum atomic E-state index is -4.28. The van der Waals surface area contributed by atoms with Crippen molar-refractivity contribution >= 4 is 11.6 Å². The highest BCUT2D eigenvalue weighted by Crippen LogP contribution is 2.14. The molecule has 3 N–H and O–H groups in total. The molecule has 4 nitrogen and oxygen atoms in total. The molecule has 7 heteroatoms. The van der Waals surface area contributed by atoms with Crippen LogP contribution in [0.4, 0.5) is 18.9 Å². The van der Waals surface area contributed by atoms with Crippen LogP contribution in [0.1, 0.15) is 17.5 Å². The van der Waals surface area contributed by atoms with E-state index >= 15 is 0 Å². The van der Waals surface area contributed by atoms with Gasteiger partial charge < -0.3 is 15.8 Å². The minimum Gasteiger partial charge on any atom is -0.372 e. The molecule has 0 aliphatic heterocycles. The molecule has 0 fully saturated rings. The molecule has 0 spiro atoms. The van der Waals surface area contributed by atoms with Crippen molar-refractivity contribution in [1.82, 2.24) is 0 Å². The largest absolute Gasteiger partial charge is 0.411 e. The zero-order valence-electron chi connectivity index (χ0n) is 12.1. The summed E-state index contributed by atoms with van der Waals surface area (Å²) in [6, 6.07) is 5.90. The van der Waals surface area contributed by atoms with Crippen molar-refractivity contribution in [2.45, 2.75) is 26.4 Å². The first-order chi connectivity index (χ1) is 9.76.